The van der Waals surface area contributed by atoms with E-state index in [9.17, 15) is 0 Å². The van der Waals surface area contributed by atoms with Gasteiger partial charge in [0.1, 0.15) is 17.1 Å². The average molecular weight is 307 g/mol. The summed E-state index contributed by atoms with van der Waals surface area (Å²) in [6.45, 7) is 5.63. The van der Waals surface area contributed by atoms with E-state index in [4.69, 9.17) is 21.3 Å². The van der Waals surface area contributed by atoms with Crippen LogP contribution in [0.2, 0.25) is 0 Å². The van der Waals surface area contributed by atoms with Crippen molar-refractivity contribution in [2.75, 3.05) is 6.61 Å². The highest BCUT2D eigenvalue weighted by Gasteiger charge is 2.22. The van der Waals surface area contributed by atoms with Crippen LogP contribution in [0, 0.1) is 5.92 Å². The van der Waals surface area contributed by atoms with E-state index in [-0.39, 0.29) is 5.38 Å². The van der Waals surface area contributed by atoms with Crippen molar-refractivity contribution in [2.45, 2.75) is 51.5 Å². The van der Waals surface area contributed by atoms with Crippen LogP contribution in [0.25, 0.3) is 11.0 Å². The summed E-state index contributed by atoms with van der Waals surface area (Å²) >= 11 is 6.34. The second-order valence-corrected chi connectivity index (χ2v) is 6.53. The number of para-hydroxylation sites is 1. The first-order valence-corrected chi connectivity index (χ1v) is 8.40. The summed E-state index contributed by atoms with van der Waals surface area (Å²) in [4.78, 5) is 4.75. The fourth-order valence-corrected chi connectivity index (χ4v) is 3.06. The molecule has 1 aliphatic carbocycles. The van der Waals surface area contributed by atoms with Gasteiger partial charge in [-0.25, -0.2) is 4.98 Å². The van der Waals surface area contributed by atoms with Gasteiger partial charge in [0.2, 0.25) is 0 Å². The Kier molecular flexibility index (Phi) is 4.39. The molecule has 0 radical (unpaired) electrons. The van der Waals surface area contributed by atoms with Crippen LogP contribution in [-0.4, -0.2) is 16.2 Å². The highest BCUT2D eigenvalue weighted by Crippen LogP contribution is 2.35. The zero-order chi connectivity index (χ0) is 14.8. The van der Waals surface area contributed by atoms with Crippen LogP contribution in [0.3, 0.4) is 0 Å². The number of aromatic nitrogens is 2. The van der Waals surface area contributed by atoms with E-state index in [1.54, 1.807) is 0 Å². The summed E-state index contributed by atoms with van der Waals surface area (Å²) in [6.07, 6.45) is 5.35. The Balaban J connectivity index is 1.93. The molecule has 0 amide bonds. The van der Waals surface area contributed by atoms with E-state index in [0.717, 1.165) is 35.1 Å². The van der Waals surface area contributed by atoms with Crippen LogP contribution >= 0.6 is 11.6 Å². The molecule has 0 bridgehead atoms. The highest BCUT2D eigenvalue weighted by atomic mass is 35.5. The van der Waals surface area contributed by atoms with E-state index in [0.29, 0.717) is 6.61 Å². The quantitative estimate of drug-likeness (QED) is 0.678. The zero-order valence-corrected chi connectivity index (χ0v) is 13.6. The van der Waals surface area contributed by atoms with Gasteiger partial charge in [-0.1, -0.05) is 18.9 Å². The second-order valence-electron chi connectivity index (χ2n) is 5.88. The molecular weight excluding hydrogens is 284 g/mol. The standard InChI is InChI=1S/C17H23ClN2O/c1-3-21-15-8-4-7-14-16(15)19-17(12(2)18)20(14)11-5-6-13-9-10-13/h4,7-8,12-13H,3,5-6,9-11H2,1-2H3. The summed E-state index contributed by atoms with van der Waals surface area (Å²) in [6, 6.07) is 6.13. The Labute approximate surface area is 131 Å². The predicted octanol–water partition coefficient (Wildman–Crippen LogP) is 4.93. The third-order valence-electron chi connectivity index (χ3n) is 4.12. The zero-order valence-electron chi connectivity index (χ0n) is 12.8. The number of hydrogen-bond donors (Lipinski definition) is 0. The number of halogens is 1. The lowest BCUT2D eigenvalue weighted by molar-refractivity contribution is 0.343. The molecule has 1 aliphatic rings. The van der Waals surface area contributed by atoms with Crippen LogP contribution in [0.1, 0.15) is 50.7 Å². The highest BCUT2D eigenvalue weighted by molar-refractivity contribution is 6.20. The third-order valence-corrected chi connectivity index (χ3v) is 4.31. The lowest BCUT2D eigenvalue weighted by atomic mass is 10.2. The summed E-state index contributed by atoms with van der Waals surface area (Å²) in [5.41, 5.74) is 2.08. The molecule has 1 atom stereocenters. The van der Waals surface area contributed by atoms with Gasteiger partial charge >= 0.3 is 0 Å². The van der Waals surface area contributed by atoms with Gasteiger partial charge in [-0.15, -0.1) is 11.6 Å². The van der Waals surface area contributed by atoms with E-state index < -0.39 is 0 Å². The fourth-order valence-electron chi connectivity index (χ4n) is 2.89. The third kappa shape index (κ3) is 3.18. The molecule has 114 valence electrons. The van der Waals surface area contributed by atoms with Crippen LogP contribution in [0.5, 0.6) is 5.75 Å². The second kappa shape index (κ2) is 6.27. The number of aryl methyl sites for hydroxylation is 1. The first-order valence-electron chi connectivity index (χ1n) is 7.96. The molecule has 4 heteroatoms. The van der Waals surface area contributed by atoms with Crippen molar-refractivity contribution >= 4 is 22.6 Å². The first kappa shape index (κ1) is 14.7. The van der Waals surface area contributed by atoms with Crippen LogP contribution in [0.4, 0.5) is 0 Å². The van der Waals surface area contributed by atoms with E-state index >= 15 is 0 Å². The van der Waals surface area contributed by atoms with Gasteiger partial charge in [-0.05, 0) is 44.7 Å². The van der Waals surface area contributed by atoms with Gasteiger partial charge in [0.15, 0.2) is 0 Å². The van der Waals surface area contributed by atoms with E-state index in [2.05, 4.69) is 10.6 Å². The van der Waals surface area contributed by atoms with Crippen molar-refractivity contribution in [3.05, 3.63) is 24.0 Å². The predicted molar refractivity (Wildman–Crippen MR) is 87.1 cm³/mol. The molecule has 2 aromatic rings. The Bertz CT molecular complexity index is 617. The summed E-state index contributed by atoms with van der Waals surface area (Å²) in [5, 5.41) is -0.0900. The van der Waals surface area contributed by atoms with Crippen molar-refractivity contribution in [3.63, 3.8) is 0 Å². The van der Waals surface area contributed by atoms with Crippen LogP contribution in [-0.2, 0) is 6.54 Å². The molecule has 0 aliphatic heterocycles. The Morgan fingerprint density at radius 2 is 2.24 bits per heavy atom. The van der Waals surface area contributed by atoms with Gasteiger partial charge in [-0.2, -0.15) is 0 Å². The van der Waals surface area contributed by atoms with Crippen molar-refractivity contribution in [3.8, 4) is 5.75 Å². The van der Waals surface area contributed by atoms with Crippen LogP contribution in [0.15, 0.2) is 18.2 Å². The van der Waals surface area contributed by atoms with Gasteiger partial charge < -0.3 is 9.30 Å². The molecule has 1 aromatic heterocycles. The lowest BCUT2D eigenvalue weighted by Gasteiger charge is -2.10. The summed E-state index contributed by atoms with van der Waals surface area (Å²) in [7, 11) is 0. The monoisotopic (exact) mass is 306 g/mol. The minimum Gasteiger partial charge on any atom is -0.492 e. The Morgan fingerprint density at radius 1 is 1.43 bits per heavy atom. The van der Waals surface area contributed by atoms with E-state index in [1.165, 1.54) is 25.7 Å². The molecule has 1 fully saturated rings. The Morgan fingerprint density at radius 3 is 2.90 bits per heavy atom. The lowest BCUT2D eigenvalue weighted by Crippen LogP contribution is -2.05. The molecule has 1 unspecified atom stereocenters. The van der Waals surface area contributed by atoms with Gasteiger partial charge in [0.05, 0.1) is 17.5 Å². The normalized spacial score (nSPS) is 16.3. The molecule has 1 saturated carbocycles. The van der Waals surface area contributed by atoms with Crippen LogP contribution < -0.4 is 4.74 Å². The number of benzene rings is 1. The topological polar surface area (TPSA) is 27.1 Å². The average Bonchev–Trinajstić information content (AvgIpc) is 3.20. The maximum Gasteiger partial charge on any atom is 0.147 e. The molecular formula is C17H23ClN2O. The minimum absolute atomic E-state index is 0.0900. The maximum atomic E-state index is 6.34. The SMILES string of the molecule is CCOc1cccc2c1nc(C(C)Cl)n2CCCC1CC1. The van der Waals surface area contributed by atoms with E-state index in [1.807, 2.05) is 26.0 Å². The van der Waals surface area contributed by atoms with Crippen molar-refractivity contribution in [1.29, 1.82) is 0 Å². The largest absolute Gasteiger partial charge is 0.492 e. The summed E-state index contributed by atoms with van der Waals surface area (Å²) < 4.78 is 7.98. The number of alkyl halides is 1. The van der Waals surface area contributed by atoms with Gasteiger partial charge in [0, 0.05) is 6.54 Å². The number of fused-ring (bicyclic) bond motifs is 1. The molecule has 1 heterocycles. The first-order chi connectivity index (χ1) is 10.2. The smallest absolute Gasteiger partial charge is 0.147 e. The molecule has 1 aromatic carbocycles. The fraction of sp³-hybridized carbons (Fsp3) is 0.588. The van der Waals surface area contributed by atoms with Gasteiger partial charge in [0.25, 0.3) is 0 Å². The van der Waals surface area contributed by atoms with Crippen molar-refractivity contribution < 1.29 is 4.74 Å². The molecule has 0 saturated heterocycles. The van der Waals surface area contributed by atoms with Gasteiger partial charge in [-0.3, -0.25) is 0 Å². The number of imidazole rings is 1. The van der Waals surface area contributed by atoms with Crippen molar-refractivity contribution in [2.24, 2.45) is 5.92 Å². The maximum absolute atomic E-state index is 6.34. The molecule has 3 nitrogen and oxygen atoms in total. The molecule has 3 rings (SSSR count). The number of ether oxygens (including phenoxy) is 1. The molecule has 21 heavy (non-hydrogen) atoms. The van der Waals surface area contributed by atoms with Crippen molar-refractivity contribution in [1.82, 2.24) is 9.55 Å². The molecule has 0 N–H and O–H groups in total. The number of nitrogens with zero attached hydrogens (tertiary/aromatic N) is 2. The number of rotatable bonds is 7. The molecule has 0 spiro atoms. The summed E-state index contributed by atoms with van der Waals surface area (Å²) in [5.74, 6) is 2.78. The number of hydrogen-bond acceptors (Lipinski definition) is 2. The minimum atomic E-state index is -0.0900. The Hall–Kier alpha value is -1.22.